The van der Waals surface area contributed by atoms with Gasteiger partial charge >= 0.3 is 0 Å². The van der Waals surface area contributed by atoms with Crippen LogP contribution in [0, 0.1) is 11.6 Å². The standard InChI is InChI=1S/C11H13F2NO/c1-11(5-2-6-11)15-8-4-3-7(14)9(12)10(8)13/h3-4H,2,5-6,14H2,1H3. The molecule has 0 spiro atoms. The molecule has 0 atom stereocenters. The first-order valence-electron chi connectivity index (χ1n) is 4.94. The molecule has 1 saturated carbocycles. The summed E-state index contributed by atoms with van der Waals surface area (Å²) < 4.78 is 31.9. The second kappa shape index (κ2) is 3.36. The maximum absolute atomic E-state index is 13.4. The van der Waals surface area contributed by atoms with Gasteiger partial charge in [-0.3, -0.25) is 0 Å². The summed E-state index contributed by atoms with van der Waals surface area (Å²) in [7, 11) is 0. The molecule has 0 saturated heterocycles. The number of benzene rings is 1. The molecule has 0 amide bonds. The highest BCUT2D eigenvalue weighted by molar-refractivity contribution is 5.44. The summed E-state index contributed by atoms with van der Waals surface area (Å²) in [6, 6.07) is 2.69. The lowest BCUT2D eigenvalue weighted by atomic mass is 9.82. The minimum absolute atomic E-state index is 0.0519. The molecule has 1 aliphatic carbocycles. The number of hydrogen-bond donors (Lipinski definition) is 1. The summed E-state index contributed by atoms with van der Waals surface area (Å²) in [5, 5.41) is 0. The van der Waals surface area contributed by atoms with Gasteiger partial charge in [0.05, 0.1) is 5.69 Å². The third-order valence-corrected chi connectivity index (χ3v) is 2.84. The number of nitrogen functional groups attached to an aromatic ring is 1. The van der Waals surface area contributed by atoms with Crippen molar-refractivity contribution in [3.05, 3.63) is 23.8 Å². The fourth-order valence-electron chi connectivity index (χ4n) is 1.67. The van der Waals surface area contributed by atoms with E-state index in [1.54, 1.807) is 0 Å². The number of ether oxygens (including phenoxy) is 1. The monoisotopic (exact) mass is 213 g/mol. The molecule has 0 radical (unpaired) electrons. The Bertz CT molecular complexity index is 388. The first-order chi connectivity index (χ1) is 7.02. The Kier molecular flexibility index (Phi) is 2.29. The van der Waals surface area contributed by atoms with Crippen LogP contribution in [-0.4, -0.2) is 5.60 Å². The van der Waals surface area contributed by atoms with Crippen LogP contribution in [-0.2, 0) is 0 Å². The highest BCUT2D eigenvalue weighted by Gasteiger charge is 2.35. The molecule has 2 N–H and O–H groups in total. The van der Waals surface area contributed by atoms with Crippen LogP contribution in [0.2, 0.25) is 0 Å². The van der Waals surface area contributed by atoms with Crippen LogP contribution in [0.3, 0.4) is 0 Å². The Labute approximate surface area is 87.0 Å². The molecule has 82 valence electrons. The average molecular weight is 213 g/mol. The average Bonchev–Trinajstić information content (AvgIpc) is 2.17. The van der Waals surface area contributed by atoms with Crippen LogP contribution in [0.5, 0.6) is 5.75 Å². The third-order valence-electron chi connectivity index (χ3n) is 2.84. The normalized spacial score (nSPS) is 18.3. The summed E-state index contributed by atoms with van der Waals surface area (Å²) in [5.41, 5.74) is 4.69. The second-order valence-electron chi connectivity index (χ2n) is 4.19. The lowest BCUT2D eigenvalue weighted by Crippen LogP contribution is -2.39. The number of rotatable bonds is 2. The van der Waals surface area contributed by atoms with Crippen molar-refractivity contribution in [3.63, 3.8) is 0 Å². The van der Waals surface area contributed by atoms with E-state index in [2.05, 4.69) is 0 Å². The molecule has 0 aromatic heterocycles. The molecule has 2 rings (SSSR count). The van der Waals surface area contributed by atoms with Gasteiger partial charge in [-0.2, -0.15) is 4.39 Å². The maximum atomic E-state index is 13.4. The molecule has 0 bridgehead atoms. The van der Waals surface area contributed by atoms with Crippen molar-refractivity contribution in [1.29, 1.82) is 0 Å². The van der Waals surface area contributed by atoms with Gasteiger partial charge in [0.1, 0.15) is 5.60 Å². The van der Waals surface area contributed by atoms with Crippen LogP contribution in [0.25, 0.3) is 0 Å². The minimum atomic E-state index is -1.03. The molecule has 15 heavy (non-hydrogen) atoms. The molecule has 1 aromatic rings. The van der Waals surface area contributed by atoms with Crippen molar-refractivity contribution in [2.24, 2.45) is 0 Å². The van der Waals surface area contributed by atoms with Gasteiger partial charge < -0.3 is 10.5 Å². The van der Waals surface area contributed by atoms with Crippen molar-refractivity contribution in [2.45, 2.75) is 31.8 Å². The van der Waals surface area contributed by atoms with E-state index in [1.165, 1.54) is 12.1 Å². The molecule has 2 nitrogen and oxygen atoms in total. The molecule has 4 heteroatoms. The lowest BCUT2D eigenvalue weighted by Gasteiger charge is -2.38. The van der Waals surface area contributed by atoms with Crippen molar-refractivity contribution < 1.29 is 13.5 Å². The van der Waals surface area contributed by atoms with Gasteiger partial charge in [0, 0.05) is 0 Å². The van der Waals surface area contributed by atoms with E-state index in [1.807, 2.05) is 6.92 Å². The molecule has 0 unspecified atom stereocenters. The Morgan fingerprint density at radius 2 is 1.93 bits per heavy atom. The SMILES string of the molecule is CC1(Oc2ccc(N)c(F)c2F)CCC1. The van der Waals surface area contributed by atoms with Crippen molar-refractivity contribution >= 4 is 5.69 Å². The maximum Gasteiger partial charge on any atom is 0.202 e. The zero-order valence-corrected chi connectivity index (χ0v) is 8.52. The van der Waals surface area contributed by atoms with Gasteiger partial charge in [0.2, 0.25) is 5.82 Å². The molecular weight excluding hydrogens is 200 g/mol. The van der Waals surface area contributed by atoms with Gasteiger partial charge in [-0.15, -0.1) is 0 Å². The topological polar surface area (TPSA) is 35.2 Å². The summed E-state index contributed by atoms with van der Waals surface area (Å²) in [6.45, 7) is 1.89. The van der Waals surface area contributed by atoms with E-state index < -0.39 is 11.6 Å². The Hall–Kier alpha value is -1.32. The molecular formula is C11H13F2NO. The smallest absolute Gasteiger partial charge is 0.202 e. The number of anilines is 1. The van der Waals surface area contributed by atoms with E-state index in [-0.39, 0.29) is 17.0 Å². The first kappa shape index (κ1) is 10.2. The highest BCUT2D eigenvalue weighted by atomic mass is 19.2. The van der Waals surface area contributed by atoms with E-state index in [9.17, 15) is 8.78 Å². The molecule has 0 heterocycles. The zero-order chi connectivity index (χ0) is 11.1. The summed E-state index contributed by atoms with van der Waals surface area (Å²) >= 11 is 0. The van der Waals surface area contributed by atoms with Crippen molar-refractivity contribution in [3.8, 4) is 5.75 Å². The Morgan fingerprint density at radius 3 is 2.47 bits per heavy atom. The van der Waals surface area contributed by atoms with Gasteiger partial charge in [-0.25, -0.2) is 4.39 Å². The third kappa shape index (κ3) is 1.76. The zero-order valence-electron chi connectivity index (χ0n) is 8.52. The van der Waals surface area contributed by atoms with Gasteiger partial charge in [-0.1, -0.05) is 0 Å². The van der Waals surface area contributed by atoms with Crippen molar-refractivity contribution in [1.82, 2.24) is 0 Å². The number of hydrogen-bond acceptors (Lipinski definition) is 2. The van der Waals surface area contributed by atoms with Crippen molar-refractivity contribution in [2.75, 3.05) is 5.73 Å². The number of halogens is 2. The Balaban J connectivity index is 2.25. The van der Waals surface area contributed by atoms with Crippen LogP contribution >= 0.6 is 0 Å². The summed E-state index contributed by atoms with van der Waals surface area (Å²) in [4.78, 5) is 0. The second-order valence-corrected chi connectivity index (χ2v) is 4.19. The van der Waals surface area contributed by atoms with Gasteiger partial charge in [0.25, 0.3) is 0 Å². The largest absolute Gasteiger partial charge is 0.484 e. The predicted octanol–water partition coefficient (Wildman–Crippen LogP) is 2.87. The quantitative estimate of drug-likeness (QED) is 0.766. The van der Waals surface area contributed by atoms with Gasteiger partial charge in [-0.05, 0) is 38.3 Å². The molecule has 1 aliphatic rings. The molecule has 1 aromatic carbocycles. The fourth-order valence-corrected chi connectivity index (χ4v) is 1.67. The minimum Gasteiger partial charge on any atom is -0.484 e. The van der Waals surface area contributed by atoms with Crippen LogP contribution in [0.1, 0.15) is 26.2 Å². The summed E-state index contributed by atoms with van der Waals surface area (Å²) in [5.74, 6) is -2.08. The predicted molar refractivity (Wildman–Crippen MR) is 53.7 cm³/mol. The fraction of sp³-hybridized carbons (Fsp3) is 0.455. The summed E-state index contributed by atoms with van der Waals surface area (Å²) in [6.07, 6.45) is 2.81. The van der Waals surface area contributed by atoms with E-state index in [4.69, 9.17) is 10.5 Å². The van der Waals surface area contributed by atoms with E-state index in [0.29, 0.717) is 0 Å². The first-order valence-corrected chi connectivity index (χ1v) is 4.94. The van der Waals surface area contributed by atoms with Crippen LogP contribution < -0.4 is 10.5 Å². The van der Waals surface area contributed by atoms with E-state index >= 15 is 0 Å². The number of nitrogens with two attached hydrogens (primary N) is 1. The Morgan fingerprint density at radius 1 is 1.27 bits per heavy atom. The van der Waals surface area contributed by atoms with Crippen LogP contribution in [0.4, 0.5) is 14.5 Å². The molecule has 0 aliphatic heterocycles. The van der Waals surface area contributed by atoms with E-state index in [0.717, 1.165) is 19.3 Å². The lowest BCUT2D eigenvalue weighted by molar-refractivity contribution is 0.00743. The highest BCUT2D eigenvalue weighted by Crippen LogP contribution is 2.37. The molecule has 1 fully saturated rings. The van der Waals surface area contributed by atoms with Crippen LogP contribution in [0.15, 0.2) is 12.1 Å². The van der Waals surface area contributed by atoms with Gasteiger partial charge in [0.15, 0.2) is 11.6 Å².